The van der Waals surface area contributed by atoms with Crippen molar-refractivity contribution in [2.24, 2.45) is 0 Å². The first-order valence-electron chi connectivity index (χ1n) is 8.62. The summed E-state index contributed by atoms with van der Waals surface area (Å²) in [5, 5.41) is 0. The van der Waals surface area contributed by atoms with E-state index < -0.39 is 106 Å². The molecule has 0 bridgehead atoms. The molecule has 14 heteroatoms. The van der Waals surface area contributed by atoms with Crippen LogP contribution in [0.5, 0.6) is 11.5 Å². The molecule has 182 valence electrons. The van der Waals surface area contributed by atoms with Crippen LogP contribution in [0.4, 0.5) is 52.7 Å². The Morgan fingerprint density at radius 1 is 0.382 bits per heavy atom. The Bertz CT molecular complexity index is 1150. The average Bonchev–Trinajstić information content (AvgIpc) is 2.78. The predicted octanol–water partition coefficient (Wildman–Crippen LogP) is 6.51. The minimum Gasteiger partial charge on any atom is -0.482 e. The summed E-state index contributed by atoms with van der Waals surface area (Å²) in [7, 11) is 0. The summed E-state index contributed by atoms with van der Waals surface area (Å²) >= 11 is 0. The Hall–Kier alpha value is -3.58. The maximum absolute atomic E-state index is 14.5. The summed E-state index contributed by atoms with van der Waals surface area (Å²) < 4.78 is 173. The summed E-state index contributed by atoms with van der Waals surface area (Å²) in [5.74, 6) is -29.2. The van der Waals surface area contributed by atoms with Crippen LogP contribution in [-0.4, -0.2) is 0 Å². The van der Waals surface area contributed by atoms with E-state index in [4.69, 9.17) is 0 Å². The van der Waals surface area contributed by atoms with Gasteiger partial charge in [-0.1, -0.05) is 0 Å². The van der Waals surface area contributed by atoms with Crippen molar-refractivity contribution >= 4 is 0 Å². The first kappa shape index (κ1) is 25.1. The van der Waals surface area contributed by atoms with E-state index in [1.54, 1.807) is 0 Å². The Morgan fingerprint density at radius 2 is 0.676 bits per heavy atom. The molecule has 0 atom stereocenters. The quantitative estimate of drug-likeness (QED) is 0.216. The molecule has 34 heavy (non-hydrogen) atoms. The topological polar surface area (TPSA) is 18.5 Å². The van der Waals surface area contributed by atoms with Crippen LogP contribution < -0.4 is 9.47 Å². The third-order valence-corrected chi connectivity index (χ3v) is 4.31. The maximum Gasteiger partial charge on any atom is 0.213 e. The molecule has 0 N–H and O–H groups in total. The molecule has 0 aliphatic heterocycles. The zero-order valence-corrected chi connectivity index (χ0v) is 15.9. The molecule has 0 radical (unpaired) electrons. The molecule has 0 saturated heterocycles. The molecule has 0 aliphatic carbocycles. The van der Waals surface area contributed by atoms with Crippen LogP contribution in [0.15, 0.2) is 12.1 Å². The fraction of sp³-hybridized carbons (Fsp3) is 0.100. The van der Waals surface area contributed by atoms with Crippen LogP contribution in [0.2, 0.25) is 0 Å². The fourth-order valence-corrected chi connectivity index (χ4v) is 2.63. The van der Waals surface area contributed by atoms with E-state index in [0.29, 0.717) is 0 Å². The summed E-state index contributed by atoms with van der Waals surface area (Å²) in [6, 6.07) is -0.376. The Morgan fingerprint density at radius 3 is 0.971 bits per heavy atom. The maximum atomic E-state index is 14.5. The van der Waals surface area contributed by atoms with Gasteiger partial charge in [0.1, 0.15) is 13.2 Å². The van der Waals surface area contributed by atoms with E-state index in [-0.39, 0.29) is 12.1 Å². The SMILES string of the molecule is Fc1cc(F)c(F)c(COc2c(F)c(F)c(F)c(OCc3c(F)c(F)cc(F)c3F)c2F)c1F. The van der Waals surface area contributed by atoms with Crippen molar-refractivity contribution in [3.8, 4) is 11.5 Å². The third-order valence-electron chi connectivity index (χ3n) is 4.31. The van der Waals surface area contributed by atoms with Crippen LogP contribution in [0.25, 0.3) is 0 Å². The largest absolute Gasteiger partial charge is 0.482 e. The van der Waals surface area contributed by atoms with Crippen molar-refractivity contribution in [3.05, 3.63) is 93.1 Å². The van der Waals surface area contributed by atoms with Gasteiger partial charge in [0.25, 0.3) is 0 Å². The lowest BCUT2D eigenvalue weighted by atomic mass is 10.2. The highest BCUT2D eigenvalue weighted by Crippen LogP contribution is 2.37. The normalized spacial score (nSPS) is 11.2. The molecule has 0 heterocycles. The van der Waals surface area contributed by atoms with E-state index in [1.165, 1.54) is 0 Å². The molecule has 2 nitrogen and oxygen atoms in total. The summed E-state index contributed by atoms with van der Waals surface area (Å²) in [6.45, 7) is -3.30. The van der Waals surface area contributed by atoms with Gasteiger partial charge in [-0.05, 0) is 0 Å². The molecule has 0 amide bonds. The highest BCUT2D eigenvalue weighted by molar-refractivity contribution is 5.40. The first-order valence-corrected chi connectivity index (χ1v) is 8.62. The monoisotopic (exact) mass is 506 g/mol. The van der Waals surface area contributed by atoms with Crippen molar-refractivity contribution in [1.82, 2.24) is 0 Å². The molecule has 3 aromatic rings. The lowest BCUT2D eigenvalue weighted by Crippen LogP contribution is -2.12. The molecule has 0 aliphatic rings. The van der Waals surface area contributed by atoms with Gasteiger partial charge in [0.15, 0.2) is 58.0 Å². The van der Waals surface area contributed by atoms with E-state index in [0.717, 1.165) is 0 Å². The lowest BCUT2D eigenvalue weighted by Gasteiger charge is -2.15. The number of rotatable bonds is 6. The van der Waals surface area contributed by atoms with E-state index in [9.17, 15) is 52.7 Å². The van der Waals surface area contributed by atoms with Gasteiger partial charge >= 0.3 is 0 Å². The van der Waals surface area contributed by atoms with E-state index in [1.807, 2.05) is 0 Å². The minimum atomic E-state index is -2.51. The molecular weight excluding hydrogens is 500 g/mol. The number of hydrogen-bond acceptors (Lipinski definition) is 2. The van der Waals surface area contributed by atoms with Crippen LogP contribution in [-0.2, 0) is 13.2 Å². The van der Waals surface area contributed by atoms with Crippen LogP contribution in [0, 0.1) is 69.8 Å². The Kier molecular flexibility index (Phi) is 6.89. The molecule has 0 fully saturated rings. The van der Waals surface area contributed by atoms with Gasteiger partial charge in [-0.3, -0.25) is 0 Å². The van der Waals surface area contributed by atoms with Crippen LogP contribution >= 0.6 is 0 Å². The summed E-state index contributed by atoms with van der Waals surface area (Å²) in [6.07, 6.45) is 0. The number of hydrogen-bond donors (Lipinski definition) is 0. The highest BCUT2D eigenvalue weighted by Gasteiger charge is 2.30. The van der Waals surface area contributed by atoms with Crippen molar-refractivity contribution in [2.75, 3.05) is 0 Å². The van der Waals surface area contributed by atoms with Gasteiger partial charge in [-0.25, -0.2) is 39.5 Å². The number of ether oxygens (including phenoxy) is 2. The number of halogens is 12. The molecule has 0 saturated carbocycles. The minimum absolute atomic E-state index is 0.188. The highest BCUT2D eigenvalue weighted by atomic mass is 19.2. The van der Waals surface area contributed by atoms with E-state index in [2.05, 4.69) is 9.47 Å². The second-order valence-electron chi connectivity index (χ2n) is 6.38. The molecular formula is C20H6F12O2. The summed E-state index contributed by atoms with van der Waals surface area (Å²) in [4.78, 5) is 0. The van der Waals surface area contributed by atoms with Gasteiger partial charge in [-0.15, -0.1) is 0 Å². The van der Waals surface area contributed by atoms with Gasteiger partial charge in [0.05, 0.1) is 11.1 Å². The van der Waals surface area contributed by atoms with Crippen molar-refractivity contribution in [1.29, 1.82) is 0 Å². The molecule has 0 spiro atoms. The number of benzene rings is 3. The smallest absolute Gasteiger partial charge is 0.213 e. The zero-order chi connectivity index (χ0) is 25.5. The standard InChI is InChI=1S/C20H6F12O2/c21-7-1-8(22)12(26)5(11(7)25)3-33-19-16(30)15(29)17(31)20(18(19)32)34-4-6-13(27)9(23)2-10(24)14(6)28/h1-2H,3-4H2. The Balaban J connectivity index is 1.98. The first-order chi connectivity index (χ1) is 15.9. The molecule has 3 aromatic carbocycles. The second kappa shape index (κ2) is 9.35. The lowest BCUT2D eigenvalue weighted by molar-refractivity contribution is 0.222. The fourth-order valence-electron chi connectivity index (χ4n) is 2.63. The van der Waals surface area contributed by atoms with Crippen molar-refractivity contribution in [2.45, 2.75) is 13.2 Å². The zero-order valence-electron chi connectivity index (χ0n) is 15.9. The Labute approximate surface area is 180 Å². The van der Waals surface area contributed by atoms with Crippen molar-refractivity contribution < 1.29 is 62.2 Å². The van der Waals surface area contributed by atoms with Crippen molar-refractivity contribution in [3.63, 3.8) is 0 Å². The molecule has 0 unspecified atom stereocenters. The van der Waals surface area contributed by atoms with Gasteiger partial charge in [0, 0.05) is 12.1 Å². The van der Waals surface area contributed by atoms with Gasteiger partial charge in [0.2, 0.25) is 23.3 Å². The van der Waals surface area contributed by atoms with Crippen LogP contribution in [0.1, 0.15) is 11.1 Å². The van der Waals surface area contributed by atoms with E-state index >= 15 is 0 Å². The van der Waals surface area contributed by atoms with Gasteiger partial charge < -0.3 is 9.47 Å². The van der Waals surface area contributed by atoms with Crippen LogP contribution in [0.3, 0.4) is 0 Å². The summed E-state index contributed by atoms with van der Waals surface area (Å²) in [5.41, 5.74) is -3.05. The van der Waals surface area contributed by atoms with Gasteiger partial charge in [-0.2, -0.15) is 13.2 Å². The predicted molar refractivity (Wildman–Crippen MR) is 87.5 cm³/mol. The third kappa shape index (κ3) is 4.31. The second-order valence-corrected chi connectivity index (χ2v) is 6.38. The molecule has 3 rings (SSSR count). The average molecular weight is 506 g/mol. The molecule has 0 aromatic heterocycles.